The smallest absolute Gasteiger partial charge is 0.222 e. The molecule has 3 unspecified atom stereocenters. The number of aromatic nitrogens is 3. The van der Waals surface area contributed by atoms with Crippen molar-refractivity contribution < 1.29 is 9.59 Å². The number of likely N-dealkylation sites (tertiary alicyclic amines) is 1. The number of hydrogen-bond donors (Lipinski definition) is 2. The van der Waals surface area contributed by atoms with Crippen LogP contribution in [0.1, 0.15) is 76.8 Å². The highest BCUT2D eigenvalue weighted by Crippen LogP contribution is 2.67. The quantitative estimate of drug-likeness (QED) is 0.664. The van der Waals surface area contributed by atoms with E-state index < -0.39 is 0 Å². The number of piperidine rings is 1. The standard InChI is InChI=1S/C27H37N5O2/c1-26-12-10-19-17(5-9-23-27(19,2)13-11-24(34)32(23)3)18(26)6-7-20(26)25(28-15-33)16-4-8-21-22(14-16)30-31-29-21/h4,8,14-15,17-20,23,25H,5-7,9-13H2,1-3H3,(H,28,33)(H,29,30,31)/t17-,18-,19+,20?,23?,25?,26-,27+/m0/s1. The maximum absolute atomic E-state index is 12.4. The van der Waals surface area contributed by atoms with Crippen LogP contribution < -0.4 is 5.32 Å². The Labute approximate surface area is 201 Å². The third-order valence-electron chi connectivity index (χ3n) is 11.0. The average Bonchev–Trinajstić information content (AvgIpc) is 3.43. The number of nitrogens with one attached hydrogen (secondary N) is 2. The van der Waals surface area contributed by atoms with Crippen molar-refractivity contribution in [1.82, 2.24) is 25.6 Å². The van der Waals surface area contributed by atoms with Gasteiger partial charge in [-0.25, -0.2) is 0 Å². The maximum Gasteiger partial charge on any atom is 0.222 e. The molecule has 1 aromatic heterocycles. The Morgan fingerprint density at radius 2 is 1.85 bits per heavy atom. The minimum atomic E-state index is -0.00416. The Balaban J connectivity index is 1.30. The summed E-state index contributed by atoms with van der Waals surface area (Å²) in [6, 6.07) is 6.59. The molecule has 8 atom stereocenters. The number of benzene rings is 1. The zero-order valence-electron chi connectivity index (χ0n) is 20.6. The molecule has 1 saturated heterocycles. The van der Waals surface area contributed by atoms with Gasteiger partial charge in [0, 0.05) is 19.5 Å². The molecule has 0 radical (unpaired) electrons. The Morgan fingerprint density at radius 1 is 1.06 bits per heavy atom. The van der Waals surface area contributed by atoms with Gasteiger partial charge in [0.2, 0.25) is 12.3 Å². The van der Waals surface area contributed by atoms with Crippen molar-refractivity contribution in [2.45, 2.75) is 77.3 Å². The highest BCUT2D eigenvalue weighted by molar-refractivity contribution is 5.77. The summed E-state index contributed by atoms with van der Waals surface area (Å²) >= 11 is 0. The summed E-state index contributed by atoms with van der Waals surface area (Å²) in [5, 5.41) is 14.4. The molecule has 182 valence electrons. The zero-order valence-corrected chi connectivity index (χ0v) is 20.6. The highest BCUT2D eigenvalue weighted by Gasteiger charge is 2.62. The topological polar surface area (TPSA) is 91.0 Å². The molecule has 7 heteroatoms. The molecule has 2 aromatic rings. The van der Waals surface area contributed by atoms with E-state index in [4.69, 9.17) is 0 Å². The van der Waals surface area contributed by atoms with Crippen molar-refractivity contribution in [3.8, 4) is 0 Å². The lowest BCUT2D eigenvalue weighted by Crippen LogP contribution is -2.61. The number of amides is 2. The van der Waals surface area contributed by atoms with Crippen LogP contribution >= 0.6 is 0 Å². The molecule has 4 fully saturated rings. The van der Waals surface area contributed by atoms with E-state index in [-0.39, 0.29) is 16.9 Å². The zero-order chi connectivity index (χ0) is 23.7. The van der Waals surface area contributed by atoms with E-state index in [2.05, 4.69) is 51.6 Å². The van der Waals surface area contributed by atoms with Gasteiger partial charge in [0.25, 0.3) is 0 Å². The summed E-state index contributed by atoms with van der Waals surface area (Å²) in [6.45, 7) is 4.99. The molecular formula is C27H37N5O2. The van der Waals surface area contributed by atoms with Gasteiger partial charge >= 0.3 is 0 Å². The molecule has 1 aliphatic heterocycles. The third-order valence-corrected chi connectivity index (χ3v) is 11.0. The van der Waals surface area contributed by atoms with Gasteiger partial charge in [0.15, 0.2) is 0 Å². The number of nitrogens with zero attached hydrogens (tertiary/aromatic N) is 3. The fourth-order valence-corrected chi connectivity index (χ4v) is 9.31. The predicted molar refractivity (Wildman–Crippen MR) is 129 cm³/mol. The second kappa shape index (κ2) is 7.79. The predicted octanol–water partition coefficient (Wildman–Crippen LogP) is 4.22. The van der Waals surface area contributed by atoms with Crippen LogP contribution in [0.15, 0.2) is 18.2 Å². The first-order chi connectivity index (χ1) is 16.4. The van der Waals surface area contributed by atoms with E-state index in [9.17, 15) is 9.59 Å². The van der Waals surface area contributed by atoms with Crippen molar-refractivity contribution in [2.24, 2.45) is 34.5 Å². The lowest BCUT2D eigenvalue weighted by molar-refractivity contribution is -0.158. The monoisotopic (exact) mass is 463 g/mol. The first kappa shape index (κ1) is 22.1. The Morgan fingerprint density at radius 3 is 2.68 bits per heavy atom. The summed E-state index contributed by atoms with van der Waals surface area (Å²) in [4.78, 5) is 26.3. The molecule has 2 heterocycles. The van der Waals surface area contributed by atoms with Crippen LogP contribution in [-0.4, -0.2) is 45.7 Å². The lowest BCUT2D eigenvalue weighted by Gasteiger charge is -2.62. The first-order valence-corrected chi connectivity index (χ1v) is 13.1. The van der Waals surface area contributed by atoms with Crippen LogP contribution in [0.3, 0.4) is 0 Å². The summed E-state index contributed by atoms with van der Waals surface area (Å²) in [5.41, 5.74) is 3.28. The number of hydrogen-bond acceptors (Lipinski definition) is 4. The Bertz CT molecular complexity index is 1120. The average molecular weight is 464 g/mol. The van der Waals surface area contributed by atoms with Gasteiger partial charge in [-0.2, -0.15) is 15.4 Å². The first-order valence-electron chi connectivity index (χ1n) is 13.1. The van der Waals surface area contributed by atoms with E-state index in [1.165, 1.54) is 25.7 Å². The summed E-state index contributed by atoms with van der Waals surface area (Å²) in [7, 11) is 2.03. The van der Waals surface area contributed by atoms with E-state index in [0.717, 1.165) is 48.2 Å². The fourth-order valence-electron chi connectivity index (χ4n) is 9.31. The van der Waals surface area contributed by atoms with Gasteiger partial charge in [-0.1, -0.05) is 19.9 Å². The minimum Gasteiger partial charge on any atom is -0.352 e. The summed E-state index contributed by atoms with van der Waals surface area (Å²) < 4.78 is 0. The number of rotatable bonds is 4. The molecule has 34 heavy (non-hydrogen) atoms. The van der Waals surface area contributed by atoms with Crippen molar-refractivity contribution >= 4 is 23.4 Å². The van der Waals surface area contributed by atoms with Crippen LogP contribution in [0.25, 0.3) is 11.0 Å². The van der Waals surface area contributed by atoms with Gasteiger partial charge in [-0.15, -0.1) is 0 Å². The van der Waals surface area contributed by atoms with E-state index in [1.54, 1.807) is 0 Å². The van der Waals surface area contributed by atoms with Crippen LogP contribution in [0, 0.1) is 34.5 Å². The van der Waals surface area contributed by atoms with Crippen LogP contribution in [0.2, 0.25) is 0 Å². The molecule has 7 nitrogen and oxygen atoms in total. The molecule has 3 aliphatic carbocycles. The SMILES string of the molecule is CN1C(=O)CC[C@@]2(C)C1CC[C@@H]1[C@H]2CC[C@]2(C)C(C(NC=O)c3ccc4n[nH]nc4c3)CC[C@@H]12. The van der Waals surface area contributed by atoms with Gasteiger partial charge in [-0.05, 0) is 97.1 Å². The van der Waals surface area contributed by atoms with Crippen LogP contribution in [0.5, 0.6) is 0 Å². The van der Waals surface area contributed by atoms with Gasteiger partial charge in [0.05, 0.1) is 6.04 Å². The molecule has 2 N–H and O–H groups in total. The van der Waals surface area contributed by atoms with E-state index >= 15 is 0 Å². The molecule has 4 aliphatic rings. The van der Waals surface area contributed by atoms with Crippen LogP contribution in [0.4, 0.5) is 0 Å². The Hall–Kier alpha value is -2.44. The van der Waals surface area contributed by atoms with Crippen molar-refractivity contribution in [3.05, 3.63) is 23.8 Å². The van der Waals surface area contributed by atoms with Crippen LogP contribution in [-0.2, 0) is 9.59 Å². The molecule has 3 saturated carbocycles. The van der Waals surface area contributed by atoms with Crippen molar-refractivity contribution in [2.75, 3.05) is 7.05 Å². The van der Waals surface area contributed by atoms with E-state index in [0.29, 0.717) is 36.1 Å². The molecule has 2 amide bonds. The molecular weight excluding hydrogens is 426 g/mol. The fraction of sp³-hybridized carbons (Fsp3) is 0.704. The molecule has 6 rings (SSSR count). The normalized spacial score (nSPS) is 40.4. The largest absolute Gasteiger partial charge is 0.352 e. The number of carbonyl (C=O) groups excluding carboxylic acids is 2. The summed E-state index contributed by atoms with van der Waals surface area (Å²) in [6.07, 6.45) is 9.80. The second-order valence-corrected chi connectivity index (χ2v) is 12.0. The molecule has 0 spiro atoms. The third kappa shape index (κ3) is 3.01. The lowest BCUT2D eigenvalue weighted by atomic mass is 9.46. The van der Waals surface area contributed by atoms with Crippen molar-refractivity contribution in [1.29, 1.82) is 0 Å². The number of H-pyrrole nitrogens is 1. The molecule has 0 bridgehead atoms. The minimum absolute atomic E-state index is 0.00416. The molecule has 1 aromatic carbocycles. The second-order valence-electron chi connectivity index (χ2n) is 12.0. The maximum atomic E-state index is 12.4. The van der Waals surface area contributed by atoms with Gasteiger partial charge in [0.1, 0.15) is 11.0 Å². The summed E-state index contributed by atoms with van der Waals surface area (Å²) in [5.74, 6) is 2.84. The van der Waals surface area contributed by atoms with E-state index in [1.807, 2.05) is 13.1 Å². The number of fused-ring (bicyclic) bond motifs is 6. The van der Waals surface area contributed by atoms with Gasteiger partial charge < -0.3 is 10.2 Å². The highest BCUT2D eigenvalue weighted by atomic mass is 16.2. The number of carbonyl (C=O) groups is 2. The van der Waals surface area contributed by atoms with Gasteiger partial charge in [-0.3, -0.25) is 9.59 Å². The number of aromatic amines is 1. The van der Waals surface area contributed by atoms with Crippen molar-refractivity contribution in [3.63, 3.8) is 0 Å². The Kier molecular flexibility index (Phi) is 5.05.